The summed E-state index contributed by atoms with van der Waals surface area (Å²) in [5, 5.41) is 3.06. The highest BCUT2D eigenvalue weighted by atomic mass is 79.9. The second-order valence-corrected chi connectivity index (χ2v) is 6.20. The summed E-state index contributed by atoms with van der Waals surface area (Å²) in [5.41, 5.74) is 1.85. The van der Waals surface area contributed by atoms with Crippen LogP contribution in [0.1, 0.15) is 42.1 Å². The van der Waals surface area contributed by atoms with Crippen molar-refractivity contribution in [1.82, 2.24) is 5.32 Å². The molecule has 0 saturated heterocycles. The normalized spacial score (nSPS) is 23.1. The number of carbonyl (C=O) groups excluding carboxylic acids is 1. The van der Waals surface area contributed by atoms with E-state index < -0.39 is 0 Å². The molecule has 2 rings (SSSR count). The summed E-state index contributed by atoms with van der Waals surface area (Å²) in [7, 11) is 0. The van der Waals surface area contributed by atoms with Crippen molar-refractivity contribution in [2.75, 3.05) is 6.54 Å². The van der Waals surface area contributed by atoms with E-state index in [2.05, 4.69) is 28.2 Å². The predicted molar refractivity (Wildman–Crippen MR) is 77.7 cm³/mol. The Morgan fingerprint density at radius 3 is 2.83 bits per heavy atom. The lowest BCUT2D eigenvalue weighted by atomic mass is 9.98. The van der Waals surface area contributed by atoms with Crippen molar-refractivity contribution < 1.29 is 4.79 Å². The first-order chi connectivity index (χ1) is 8.58. The number of aryl methyl sites for hydroxylation is 1. The molecule has 1 aromatic carbocycles. The lowest BCUT2D eigenvalue weighted by Gasteiger charge is -2.16. The van der Waals surface area contributed by atoms with Crippen molar-refractivity contribution in [2.45, 2.75) is 33.1 Å². The Bertz CT molecular complexity index is 444. The van der Waals surface area contributed by atoms with Gasteiger partial charge in [-0.15, -0.1) is 0 Å². The molecule has 98 valence electrons. The van der Waals surface area contributed by atoms with Crippen molar-refractivity contribution in [1.29, 1.82) is 0 Å². The predicted octanol–water partition coefficient (Wildman–Crippen LogP) is 3.92. The van der Waals surface area contributed by atoms with Crippen LogP contribution in [0.15, 0.2) is 22.7 Å². The number of carbonyl (C=O) groups is 1. The van der Waals surface area contributed by atoms with E-state index >= 15 is 0 Å². The molecule has 2 nitrogen and oxygen atoms in total. The number of halogens is 1. The number of hydrogen-bond acceptors (Lipinski definition) is 1. The standard InChI is InChI=1S/C15H20BrNO/c1-10-4-3-5-13(10)9-17-15(18)12-6-7-14(16)11(2)8-12/h6-8,10,13H,3-5,9H2,1-2H3,(H,17,18). The quantitative estimate of drug-likeness (QED) is 0.900. The first-order valence-corrected chi connectivity index (χ1v) is 7.41. The maximum Gasteiger partial charge on any atom is 0.251 e. The van der Waals surface area contributed by atoms with Gasteiger partial charge < -0.3 is 5.32 Å². The molecule has 3 heteroatoms. The van der Waals surface area contributed by atoms with Crippen molar-refractivity contribution >= 4 is 21.8 Å². The van der Waals surface area contributed by atoms with Gasteiger partial charge in [0.2, 0.25) is 0 Å². The summed E-state index contributed by atoms with van der Waals surface area (Å²) in [5.74, 6) is 1.45. The molecule has 1 aliphatic carbocycles. The largest absolute Gasteiger partial charge is 0.352 e. The van der Waals surface area contributed by atoms with Gasteiger partial charge in [0.05, 0.1) is 0 Å². The highest BCUT2D eigenvalue weighted by Crippen LogP contribution is 2.30. The number of rotatable bonds is 3. The third-order valence-electron chi connectivity index (χ3n) is 3.98. The SMILES string of the molecule is Cc1cc(C(=O)NCC2CCCC2C)ccc1Br. The molecule has 2 unspecified atom stereocenters. The number of amides is 1. The number of nitrogens with one attached hydrogen (secondary N) is 1. The Balaban J connectivity index is 1.93. The van der Waals surface area contributed by atoms with Gasteiger partial charge in [-0.05, 0) is 48.9 Å². The summed E-state index contributed by atoms with van der Waals surface area (Å²) in [4.78, 5) is 12.0. The van der Waals surface area contributed by atoms with E-state index in [0.717, 1.165) is 28.1 Å². The molecule has 0 aliphatic heterocycles. The Morgan fingerprint density at radius 2 is 2.22 bits per heavy atom. The number of hydrogen-bond donors (Lipinski definition) is 1. The zero-order chi connectivity index (χ0) is 13.1. The monoisotopic (exact) mass is 309 g/mol. The van der Waals surface area contributed by atoms with Crippen molar-refractivity contribution in [3.63, 3.8) is 0 Å². The average molecular weight is 310 g/mol. The Labute approximate surface area is 117 Å². The fraction of sp³-hybridized carbons (Fsp3) is 0.533. The molecule has 0 heterocycles. The van der Waals surface area contributed by atoms with Crippen molar-refractivity contribution in [2.24, 2.45) is 11.8 Å². The highest BCUT2D eigenvalue weighted by Gasteiger charge is 2.23. The minimum Gasteiger partial charge on any atom is -0.352 e. The molecular formula is C15H20BrNO. The second-order valence-electron chi connectivity index (χ2n) is 5.34. The molecule has 0 aromatic heterocycles. The minimum absolute atomic E-state index is 0.0460. The van der Waals surface area contributed by atoms with Crippen LogP contribution < -0.4 is 5.32 Å². The molecule has 0 radical (unpaired) electrons. The molecule has 1 N–H and O–H groups in total. The van der Waals surface area contributed by atoms with Crippen LogP contribution in [0, 0.1) is 18.8 Å². The second kappa shape index (κ2) is 5.87. The van der Waals surface area contributed by atoms with Crippen LogP contribution in [-0.4, -0.2) is 12.5 Å². The summed E-state index contributed by atoms with van der Waals surface area (Å²) in [6.45, 7) is 5.10. The molecule has 1 aliphatic rings. The molecule has 2 atom stereocenters. The Hall–Kier alpha value is -0.830. The van der Waals surface area contributed by atoms with E-state index in [-0.39, 0.29) is 5.91 Å². The molecule has 0 bridgehead atoms. The van der Waals surface area contributed by atoms with E-state index in [1.54, 1.807) is 0 Å². The third-order valence-corrected chi connectivity index (χ3v) is 4.87. The molecule has 1 aromatic rings. The van der Waals surface area contributed by atoms with E-state index in [1.165, 1.54) is 19.3 Å². The number of benzene rings is 1. The van der Waals surface area contributed by atoms with Gasteiger partial charge in [0.25, 0.3) is 5.91 Å². The van der Waals surface area contributed by atoms with Gasteiger partial charge in [-0.2, -0.15) is 0 Å². The van der Waals surface area contributed by atoms with Crippen LogP contribution in [0.2, 0.25) is 0 Å². The Kier molecular flexibility index (Phi) is 4.44. The maximum atomic E-state index is 12.0. The Morgan fingerprint density at radius 1 is 1.44 bits per heavy atom. The highest BCUT2D eigenvalue weighted by molar-refractivity contribution is 9.10. The lowest BCUT2D eigenvalue weighted by molar-refractivity contribution is 0.0944. The summed E-state index contributed by atoms with van der Waals surface area (Å²) in [6, 6.07) is 5.73. The van der Waals surface area contributed by atoms with Crippen LogP contribution in [0.3, 0.4) is 0 Å². The molecule has 0 spiro atoms. The zero-order valence-corrected chi connectivity index (χ0v) is 12.6. The lowest BCUT2D eigenvalue weighted by Crippen LogP contribution is -2.30. The first-order valence-electron chi connectivity index (χ1n) is 6.62. The minimum atomic E-state index is 0.0460. The van der Waals surface area contributed by atoms with Gasteiger partial charge in [0.1, 0.15) is 0 Å². The molecule has 1 amide bonds. The zero-order valence-electron chi connectivity index (χ0n) is 11.0. The van der Waals surface area contributed by atoms with Crippen LogP contribution >= 0.6 is 15.9 Å². The van der Waals surface area contributed by atoms with Crippen LogP contribution in [0.25, 0.3) is 0 Å². The third kappa shape index (κ3) is 3.14. The van der Waals surface area contributed by atoms with Gasteiger partial charge in [-0.3, -0.25) is 4.79 Å². The van der Waals surface area contributed by atoms with Gasteiger partial charge in [0, 0.05) is 16.6 Å². The van der Waals surface area contributed by atoms with E-state index in [9.17, 15) is 4.79 Å². The molecule has 1 saturated carbocycles. The van der Waals surface area contributed by atoms with Crippen LogP contribution in [0.4, 0.5) is 0 Å². The average Bonchev–Trinajstić information content (AvgIpc) is 2.75. The van der Waals surface area contributed by atoms with Crippen LogP contribution in [-0.2, 0) is 0 Å². The topological polar surface area (TPSA) is 29.1 Å². The maximum absolute atomic E-state index is 12.0. The fourth-order valence-electron chi connectivity index (χ4n) is 2.64. The summed E-state index contributed by atoms with van der Waals surface area (Å²) < 4.78 is 1.04. The molecular weight excluding hydrogens is 290 g/mol. The van der Waals surface area contributed by atoms with Crippen molar-refractivity contribution in [3.05, 3.63) is 33.8 Å². The molecule has 18 heavy (non-hydrogen) atoms. The fourth-order valence-corrected chi connectivity index (χ4v) is 2.88. The van der Waals surface area contributed by atoms with E-state index in [0.29, 0.717) is 5.92 Å². The van der Waals surface area contributed by atoms with Gasteiger partial charge in [-0.25, -0.2) is 0 Å². The van der Waals surface area contributed by atoms with Crippen LogP contribution in [0.5, 0.6) is 0 Å². The smallest absolute Gasteiger partial charge is 0.251 e. The molecule has 1 fully saturated rings. The van der Waals surface area contributed by atoms with Gasteiger partial charge in [-0.1, -0.05) is 35.7 Å². The summed E-state index contributed by atoms with van der Waals surface area (Å²) in [6.07, 6.45) is 3.86. The van der Waals surface area contributed by atoms with E-state index in [1.807, 2.05) is 25.1 Å². The van der Waals surface area contributed by atoms with Crippen molar-refractivity contribution in [3.8, 4) is 0 Å². The van der Waals surface area contributed by atoms with Gasteiger partial charge in [0.15, 0.2) is 0 Å². The van der Waals surface area contributed by atoms with E-state index in [4.69, 9.17) is 0 Å². The first kappa shape index (κ1) is 13.6. The van der Waals surface area contributed by atoms with Gasteiger partial charge >= 0.3 is 0 Å². The summed E-state index contributed by atoms with van der Waals surface area (Å²) >= 11 is 3.45.